The summed E-state index contributed by atoms with van der Waals surface area (Å²) >= 11 is 7.69. The second-order valence-electron chi connectivity index (χ2n) is 4.70. The molecular weight excluding hydrogens is 344 g/mol. The number of aryl methyl sites for hydroxylation is 2. The zero-order valence-electron chi connectivity index (χ0n) is 12.3. The van der Waals surface area contributed by atoms with Crippen LogP contribution in [0.2, 0.25) is 5.02 Å². The largest absolute Gasteiger partial charge is 0.360 e. The summed E-state index contributed by atoms with van der Waals surface area (Å²) in [7, 11) is -3.58. The zero-order valence-corrected chi connectivity index (χ0v) is 14.7. The lowest BCUT2D eigenvalue weighted by atomic mass is 10.2. The molecule has 0 saturated carbocycles. The fraction of sp³-hybridized carbons (Fsp3) is 0.357. The Morgan fingerprint density at radius 3 is 2.68 bits per heavy atom. The molecule has 0 fully saturated rings. The van der Waals surface area contributed by atoms with E-state index in [0.717, 1.165) is 16.3 Å². The molecule has 2 aromatic rings. The Labute approximate surface area is 139 Å². The van der Waals surface area contributed by atoms with E-state index >= 15 is 0 Å². The van der Waals surface area contributed by atoms with Crippen molar-refractivity contribution in [1.82, 2.24) is 9.88 Å². The molecular formula is C14H17ClN2O3S2. The first-order chi connectivity index (χ1) is 10.4. The molecule has 1 heterocycles. The van der Waals surface area contributed by atoms with E-state index in [0.29, 0.717) is 23.8 Å². The lowest BCUT2D eigenvalue weighted by Gasteiger charge is -2.07. The van der Waals surface area contributed by atoms with Crippen LogP contribution >= 0.6 is 23.4 Å². The maximum absolute atomic E-state index is 12.2. The van der Waals surface area contributed by atoms with E-state index in [1.54, 1.807) is 25.6 Å². The van der Waals surface area contributed by atoms with Crippen LogP contribution in [0.5, 0.6) is 0 Å². The van der Waals surface area contributed by atoms with Gasteiger partial charge >= 0.3 is 0 Å². The van der Waals surface area contributed by atoms with Gasteiger partial charge in [0.25, 0.3) is 0 Å². The highest BCUT2D eigenvalue weighted by molar-refractivity contribution is 7.98. The van der Waals surface area contributed by atoms with Crippen molar-refractivity contribution in [2.75, 3.05) is 12.3 Å². The molecule has 0 bridgehead atoms. The molecule has 0 spiro atoms. The van der Waals surface area contributed by atoms with Crippen molar-refractivity contribution in [1.29, 1.82) is 0 Å². The third-order valence-electron chi connectivity index (χ3n) is 2.99. The number of benzene rings is 1. The third-order valence-corrected chi connectivity index (χ3v) is 6.07. The first-order valence-electron chi connectivity index (χ1n) is 6.65. The van der Waals surface area contributed by atoms with Crippen molar-refractivity contribution in [2.24, 2.45) is 0 Å². The number of hydrogen-bond acceptors (Lipinski definition) is 5. The summed E-state index contributed by atoms with van der Waals surface area (Å²) in [6, 6.07) is 7.62. The number of nitrogens with zero attached hydrogens (tertiary/aromatic N) is 1. The van der Waals surface area contributed by atoms with Crippen LogP contribution in [0, 0.1) is 13.8 Å². The molecule has 0 aliphatic rings. The Balaban J connectivity index is 1.83. The summed E-state index contributed by atoms with van der Waals surface area (Å²) in [5.74, 6) is 1.69. The molecule has 0 atom stereocenters. The molecule has 22 heavy (non-hydrogen) atoms. The number of sulfonamides is 1. The SMILES string of the molecule is Cc1noc(C)c1S(=O)(=O)NCCSCc1ccccc1Cl. The lowest BCUT2D eigenvalue weighted by molar-refractivity contribution is 0.390. The van der Waals surface area contributed by atoms with Gasteiger partial charge in [0.05, 0.1) is 0 Å². The summed E-state index contributed by atoms with van der Waals surface area (Å²) in [4.78, 5) is 0.128. The van der Waals surface area contributed by atoms with E-state index in [-0.39, 0.29) is 4.90 Å². The van der Waals surface area contributed by atoms with Gasteiger partial charge in [-0.1, -0.05) is 35.0 Å². The minimum atomic E-state index is -3.58. The van der Waals surface area contributed by atoms with Crippen LogP contribution in [0.3, 0.4) is 0 Å². The minimum absolute atomic E-state index is 0.128. The number of rotatable bonds is 7. The molecule has 5 nitrogen and oxygen atoms in total. The highest BCUT2D eigenvalue weighted by atomic mass is 35.5. The second kappa shape index (κ2) is 7.50. The summed E-state index contributed by atoms with van der Waals surface area (Å²) in [6.45, 7) is 3.53. The first-order valence-corrected chi connectivity index (χ1v) is 9.67. The Morgan fingerprint density at radius 2 is 2.05 bits per heavy atom. The lowest BCUT2D eigenvalue weighted by Crippen LogP contribution is -2.26. The van der Waals surface area contributed by atoms with Crippen LogP contribution in [-0.4, -0.2) is 25.9 Å². The molecule has 0 saturated heterocycles. The van der Waals surface area contributed by atoms with Gasteiger partial charge in [-0.15, -0.1) is 0 Å². The molecule has 1 N–H and O–H groups in total. The monoisotopic (exact) mass is 360 g/mol. The maximum atomic E-state index is 12.2. The number of nitrogens with one attached hydrogen (secondary N) is 1. The minimum Gasteiger partial charge on any atom is -0.360 e. The Kier molecular flexibility index (Phi) is 5.91. The van der Waals surface area contributed by atoms with Crippen LogP contribution in [-0.2, 0) is 15.8 Å². The summed E-state index contributed by atoms with van der Waals surface area (Å²) in [6.07, 6.45) is 0. The molecule has 2 rings (SSSR count). The van der Waals surface area contributed by atoms with Crippen LogP contribution in [0.1, 0.15) is 17.0 Å². The van der Waals surface area contributed by atoms with Crippen molar-refractivity contribution in [3.8, 4) is 0 Å². The molecule has 8 heteroatoms. The van der Waals surface area contributed by atoms with Crippen LogP contribution in [0.15, 0.2) is 33.7 Å². The fourth-order valence-corrected chi connectivity index (χ4v) is 4.61. The summed E-state index contributed by atoms with van der Waals surface area (Å²) < 4.78 is 31.8. The van der Waals surface area contributed by atoms with Crippen molar-refractivity contribution >= 4 is 33.4 Å². The highest BCUT2D eigenvalue weighted by Gasteiger charge is 2.23. The van der Waals surface area contributed by atoms with Gasteiger partial charge < -0.3 is 4.52 Å². The van der Waals surface area contributed by atoms with E-state index in [1.807, 2.05) is 24.3 Å². The van der Waals surface area contributed by atoms with Crippen LogP contribution in [0.25, 0.3) is 0 Å². The van der Waals surface area contributed by atoms with E-state index in [2.05, 4.69) is 9.88 Å². The second-order valence-corrected chi connectivity index (χ2v) is 7.91. The average molecular weight is 361 g/mol. The molecule has 0 radical (unpaired) electrons. The van der Waals surface area contributed by atoms with E-state index < -0.39 is 10.0 Å². The topological polar surface area (TPSA) is 72.2 Å². The van der Waals surface area contributed by atoms with Gasteiger partial charge in [0.1, 0.15) is 10.6 Å². The number of halogens is 1. The first kappa shape index (κ1) is 17.3. The molecule has 0 unspecified atom stereocenters. The molecule has 1 aromatic heterocycles. The van der Waals surface area contributed by atoms with Crippen LogP contribution < -0.4 is 4.72 Å². The molecule has 120 valence electrons. The van der Waals surface area contributed by atoms with Crippen LogP contribution in [0.4, 0.5) is 0 Å². The Bertz CT molecular complexity index is 725. The van der Waals surface area contributed by atoms with Gasteiger partial charge in [-0.25, -0.2) is 13.1 Å². The zero-order chi connectivity index (χ0) is 16.2. The van der Waals surface area contributed by atoms with Crippen molar-refractivity contribution in [2.45, 2.75) is 24.5 Å². The standard InChI is InChI=1S/C14H17ClN2O3S2/c1-10-14(11(2)20-17-10)22(18,19)16-7-8-21-9-12-5-3-4-6-13(12)15/h3-6,16H,7-9H2,1-2H3. The predicted molar refractivity (Wildman–Crippen MR) is 88.8 cm³/mol. The van der Waals surface area contributed by atoms with Gasteiger partial charge in [0, 0.05) is 23.1 Å². The molecule has 0 aliphatic heterocycles. The highest BCUT2D eigenvalue weighted by Crippen LogP contribution is 2.21. The quantitative estimate of drug-likeness (QED) is 0.768. The Morgan fingerprint density at radius 1 is 1.32 bits per heavy atom. The van der Waals surface area contributed by atoms with E-state index in [1.165, 1.54) is 0 Å². The summed E-state index contributed by atoms with van der Waals surface area (Å²) in [5, 5.41) is 4.39. The normalized spacial score (nSPS) is 11.8. The predicted octanol–water partition coefficient (Wildman–Crippen LogP) is 3.16. The van der Waals surface area contributed by atoms with Gasteiger partial charge in [-0.05, 0) is 25.5 Å². The average Bonchev–Trinajstić information content (AvgIpc) is 2.80. The van der Waals surface area contributed by atoms with E-state index in [4.69, 9.17) is 16.1 Å². The number of aromatic nitrogens is 1. The van der Waals surface area contributed by atoms with Gasteiger partial charge in [-0.2, -0.15) is 11.8 Å². The fourth-order valence-electron chi connectivity index (χ4n) is 1.98. The summed E-state index contributed by atoms with van der Waals surface area (Å²) in [5.41, 5.74) is 1.41. The maximum Gasteiger partial charge on any atom is 0.245 e. The molecule has 0 aliphatic carbocycles. The van der Waals surface area contributed by atoms with Crippen molar-refractivity contribution < 1.29 is 12.9 Å². The molecule has 0 amide bonds. The van der Waals surface area contributed by atoms with Crippen molar-refractivity contribution in [3.05, 3.63) is 46.3 Å². The smallest absolute Gasteiger partial charge is 0.245 e. The molecule has 1 aromatic carbocycles. The third kappa shape index (κ3) is 4.25. The number of thioether (sulfide) groups is 1. The van der Waals surface area contributed by atoms with Crippen molar-refractivity contribution in [3.63, 3.8) is 0 Å². The van der Waals surface area contributed by atoms with Gasteiger partial charge in [-0.3, -0.25) is 0 Å². The van der Waals surface area contributed by atoms with Gasteiger partial charge in [0.2, 0.25) is 10.0 Å². The number of hydrogen-bond donors (Lipinski definition) is 1. The van der Waals surface area contributed by atoms with Gasteiger partial charge in [0.15, 0.2) is 5.76 Å². The van der Waals surface area contributed by atoms with E-state index in [9.17, 15) is 8.42 Å². The Hall–Kier alpha value is -1.02.